The number of hydrogen-bond acceptors (Lipinski definition) is 3. The van der Waals surface area contributed by atoms with Crippen molar-refractivity contribution in [1.29, 1.82) is 0 Å². The topological polar surface area (TPSA) is 53.9 Å². The van der Waals surface area contributed by atoms with Gasteiger partial charge >= 0.3 is 6.03 Å². The number of aliphatic imine (C=N–C) groups is 1. The molecule has 5 nitrogen and oxygen atoms in total. The molecule has 0 aromatic heterocycles. The highest BCUT2D eigenvalue weighted by molar-refractivity contribution is 6.20. The zero-order valence-corrected chi connectivity index (χ0v) is 14.7. The van der Waals surface area contributed by atoms with Gasteiger partial charge in [-0.25, -0.2) is 4.79 Å². The smallest absolute Gasteiger partial charge is 0.331 e. The summed E-state index contributed by atoms with van der Waals surface area (Å²) in [4.78, 5) is 19.1. The quantitative estimate of drug-likeness (QED) is 0.894. The van der Waals surface area contributed by atoms with E-state index in [0.29, 0.717) is 11.4 Å². The van der Waals surface area contributed by atoms with E-state index in [1.54, 1.807) is 18.1 Å². The number of methoxy groups -OCH3 is 1. The van der Waals surface area contributed by atoms with E-state index in [1.165, 1.54) is 5.56 Å². The number of aryl methyl sites for hydroxylation is 1. The molecule has 0 bridgehead atoms. The third-order valence-electron chi connectivity index (χ3n) is 4.24. The maximum atomic E-state index is 12.9. The zero-order chi connectivity index (χ0) is 17.6. The van der Waals surface area contributed by atoms with E-state index in [2.05, 4.69) is 29.4 Å². The van der Waals surface area contributed by atoms with E-state index in [1.807, 2.05) is 30.3 Å². The standard InChI is InChI=1S/C20H23N3O2/c1-3-15-9-11-17(12-10-15)23(19-8-5-13-21-19)20(24)22-16-6-4-7-18(14-16)25-2/h4,6-7,9-12,14H,3,5,8,13H2,1-2H3,(H,22,24). The predicted molar refractivity (Wildman–Crippen MR) is 102 cm³/mol. The van der Waals surface area contributed by atoms with Crippen molar-refractivity contribution in [2.75, 3.05) is 23.9 Å². The third-order valence-corrected chi connectivity index (χ3v) is 4.24. The summed E-state index contributed by atoms with van der Waals surface area (Å²) in [6.07, 6.45) is 2.75. The van der Waals surface area contributed by atoms with Crippen LogP contribution in [0.15, 0.2) is 53.5 Å². The van der Waals surface area contributed by atoms with Gasteiger partial charge in [0.1, 0.15) is 11.6 Å². The third kappa shape index (κ3) is 3.99. The van der Waals surface area contributed by atoms with Gasteiger partial charge in [-0.2, -0.15) is 0 Å². The van der Waals surface area contributed by atoms with Crippen molar-refractivity contribution in [2.24, 2.45) is 4.99 Å². The Morgan fingerprint density at radius 1 is 1.24 bits per heavy atom. The SMILES string of the molecule is CCc1ccc(N(C(=O)Nc2cccc(OC)c2)C2=NCCC2)cc1. The number of rotatable bonds is 4. The molecular formula is C20H23N3O2. The van der Waals surface area contributed by atoms with Gasteiger partial charge in [-0.15, -0.1) is 0 Å². The molecule has 3 rings (SSSR count). The lowest BCUT2D eigenvalue weighted by Gasteiger charge is -2.23. The van der Waals surface area contributed by atoms with Crippen LogP contribution in [-0.2, 0) is 6.42 Å². The van der Waals surface area contributed by atoms with Crippen LogP contribution in [0.2, 0.25) is 0 Å². The Balaban J connectivity index is 1.86. The van der Waals surface area contributed by atoms with Crippen LogP contribution < -0.4 is 15.0 Å². The van der Waals surface area contributed by atoms with Crippen LogP contribution in [0.3, 0.4) is 0 Å². The van der Waals surface area contributed by atoms with Crippen molar-refractivity contribution >= 4 is 23.2 Å². The Kier molecular flexibility index (Phi) is 5.33. The monoisotopic (exact) mass is 337 g/mol. The van der Waals surface area contributed by atoms with Gasteiger partial charge in [0.25, 0.3) is 0 Å². The highest BCUT2D eigenvalue weighted by Gasteiger charge is 2.23. The first kappa shape index (κ1) is 17.0. The van der Waals surface area contributed by atoms with Crippen molar-refractivity contribution in [3.63, 3.8) is 0 Å². The number of ether oxygens (including phenoxy) is 1. The minimum absolute atomic E-state index is 0.210. The Bertz CT molecular complexity index is 769. The molecule has 1 aliphatic heterocycles. The van der Waals surface area contributed by atoms with E-state index in [4.69, 9.17) is 4.74 Å². The maximum Gasteiger partial charge on any atom is 0.331 e. The summed E-state index contributed by atoms with van der Waals surface area (Å²) in [5.41, 5.74) is 2.77. The average molecular weight is 337 g/mol. The number of anilines is 2. The minimum Gasteiger partial charge on any atom is -0.497 e. The van der Waals surface area contributed by atoms with Crippen molar-refractivity contribution in [1.82, 2.24) is 0 Å². The van der Waals surface area contributed by atoms with Crippen molar-refractivity contribution in [3.8, 4) is 5.75 Å². The van der Waals surface area contributed by atoms with Crippen molar-refractivity contribution < 1.29 is 9.53 Å². The second-order valence-electron chi connectivity index (χ2n) is 5.92. The number of urea groups is 1. The fourth-order valence-electron chi connectivity index (χ4n) is 2.85. The number of amides is 2. The van der Waals surface area contributed by atoms with Crippen LogP contribution in [0.5, 0.6) is 5.75 Å². The fourth-order valence-corrected chi connectivity index (χ4v) is 2.85. The Hall–Kier alpha value is -2.82. The molecule has 1 N–H and O–H groups in total. The van der Waals surface area contributed by atoms with Crippen molar-refractivity contribution in [2.45, 2.75) is 26.2 Å². The molecule has 0 radical (unpaired) electrons. The summed E-state index contributed by atoms with van der Waals surface area (Å²) >= 11 is 0. The van der Waals surface area contributed by atoms with Crippen molar-refractivity contribution in [3.05, 3.63) is 54.1 Å². The number of carbonyl (C=O) groups excluding carboxylic acids is 1. The fraction of sp³-hybridized carbons (Fsp3) is 0.300. The summed E-state index contributed by atoms with van der Waals surface area (Å²) in [7, 11) is 1.61. The summed E-state index contributed by atoms with van der Waals surface area (Å²) in [5, 5.41) is 2.95. The lowest BCUT2D eigenvalue weighted by Crippen LogP contribution is -2.39. The van der Waals surface area contributed by atoms with Crippen LogP contribution >= 0.6 is 0 Å². The largest absolute Gasteiger partial charge is 0.497 e. The molecule has 25 heavy (non-hydrogen) atoms. The van der Waals surface area contributed by atoms with E-state index in [0.717, 1.165) is 37.3 Å². The highest BCUT2D eigenvalue weighted by Crippen LogP contribution is 2.23. The van der Waals surface area contributed by atoms with Crippen LogP contribution in [0, 0.1) is 0 Å². The molecule has 1 aliphatic rings. The lowest BCUT2D eigenvalue weighted by atomic mass is 10.1. The summed E-state index contributed by atoms with van der Waals surface area (Å²) < 4.78 is 5.22. The minimum atomic E-state index is -0.210. The number of hydrogen-bond donors (Lipinski definition) is 1. The molecule has 130 valence electrons. The first-order valence-corrected chi connectivity index (χ1v) is 8.58. The van der Waals surface area contributed by atoms with Crippen LogP contribution in [-0.4, -0.2) is 25.5 Å². The molecule has 2 aromatic rings. The van der Waals surface area contributed by atoms with Crippen LogP contribution in [0.25, 0.3) is 0 Å². The molecule has 5 heteroatoms. The summed E-state index contributed by atoms with van der Waals surface area (Å²) in [6, 6.07) is 15.2. The molecule has 0 fully saturated rings. The summed E-state index contributed by atoms with van der Waals surface area (Å²) in [5.74, 6) is 1.51. The molecule has 0 spiro atoms. The zero-order valence-electron chi connectivity index (χ0n) is 14.7. The molecule has 0 saturated heterocycles. The van der Waals surface area contributed by atoms with Gasteiger partial charge in [0.05, 0.1) is 12.8 Å². The Labute approximate surface area is 148 Å². The molecule has 2 aromatic carbocycles. The molecule has 2 amide bonds. The van der Waals surface area contributed by atoms with Crippen LogP contribution in [0.1, 0.15) is 25.3 Å². The van der Waals surface area contributed by atoms with Gasteiger partial charge in [-0.3, -0.25) is 9.89 Å². The second kappa shape index (κ2) is 7.83. The Morgan fingerprint density at radius 2 is 2.04 bits per heavy atom. The van der Waals surface area contributed by atoms with Gasteiger partial charge < -0.3 is 10.1 Å². The van der Waals surface area contributed by atoms with E-state index < -0.39 is 0 Å². The molecule has 0 aliphatic carbocycles. The normalized spacial score (nSPS) is 13.3. The highest BCUT2D eigenvalue weighted by atomic mass is 16.5. The van der Waals surface area contributed by atoms with Gasteiger partial charge in [0.15, 0.2) is 0 Å². The molecule has 0 unspecified atom stereocenters. The second-order valence-corrected chi connectivity index (χ2v) is 5.92. The first-order chi connectivity index (χ1) is 12.2. The number of carbonyl (C=O) groups is 1. The van der Waals surface area contributed by atoms with Gasteiger partial charge in [-0.05, 0) is 42.7 Å². The van der Waals surface area contributed by atoms with Gasteiger partial charge in [0.2, 0.25) is 0 Å². The summed E-state index contributed by atoms with van der Waals surface area (Å²) in [6.45, 7) is 2.88. The van der Waals surface area contributed by atoms with Gasteiger partial charge in [0, 0.05) is 24.7 Å². The Morgan fingerprint density at radius 3 is 2.68 bits per heavy atom. The number of nitrogens with zero attached hydrogens (tertiary/aromatic N) is 2. The van der Waals surface area contributed by atoms with E-state index in [-0.39, 0.29) is 6.03 Å². The number of amidine groups is 1. The van der Waals surface area contributed by atoms with E-state index in [9.17, 15) is 4.79 Å². The number of benzene rings is 2. The van der Waals surface area contributed by atoms with Crippen LogP contribution in [0.4, 0.5) is 16.2 Å². The molecule has 0 atom stereocenters. The van der Waals surface area contributed by atoms with E-state index >= 15 is 0 Å². The maximum absolute atomic E-state index is 12.9. The lowest BCUT2D eigenvalue weighted by molar-refractivity contribution is 0.259. The molecular weight excluding hydrogens is 314 g/mol. The average Bonchev–Trinajstić information content (AvgIpc) is 3.17. The van der Waals surface area contributed by atoms with Gasteiger partial charge in [-0.1, -0.05) is 25.1 Å². The predicted octanol–water partition coefficient (Wildman–Crippen LogP) is 4.49. The first-order valence-electron chi connectivity index (χ1n) is 8.58. The molecule has 1 heterocycles. The molecule has 0 saturated carbocycles. The number of nitrogens with one attached hydrogen (secondary N) is 1.